The number of nitrogens with zero attached hydrogens (tertiary/aromatic N) is 3. The zero-order chi connectivity index (χ0) is 19.2. The van der Waals surface area contributed by atoms with Gasteiger partial charge in [-0.25, -0.2) is 4.68 Å². The number of aromatic nitrogens is 3. The Bertz CT molecular complexity index is 950. The van der Waals surface area contributed by atoms with Crippen LogP contribution in [0.2, 0.25) is 5.02 Å². The van der Waals surface area contributed by atoms with Crippen molar-refractivity contribution >= 4 is 17.3 Å². The lowest BCUT2D eigenvalue weighted by molar-refractivity contribution is -0.0500. The molecule has 3 aromatic rings. The minimum atomic E-state index is -2.90. The smallest absolute Gasteiger partial charge is 0.387 e. The fraction of sp³-hybridized carbons (Fsp3) is 0.167. The number of ether oxygens (including phenoxy) is 1. The maximum Gasteiger partial charge on any atom is 0.387 e. The van der Waals surface area contributed by atoms with E-state index in [1.165, 1.54) is 29.2 Å². The molecule has 0 aliphatic carbocycles. The molecule has 140 valence electrons. The number of pyridine rings is 1. The Hall–Kier alpha value is -3.00. The second-order valence-corrected chi connectivity index (χ2v) is 5.92. The lowest BCUT2D eigenvalue weighted by atomic mass is 10.2. The molecule has 0 aliphatic heterocycles. The number of nitrogens with one attached hydrogen (secondary N) is 1. The van der Waals surface area contributed by atoms with Gasteiger partial charge in [-0.05, 0) is 17.7 Å². The Morgan fingerprint density at radius 1 is 1.15 bits per heavy atom. The topological polar surface area (TPSA) is 69.0 Å². The fourth-order valence-corrected chi connectivity index (χ4v) is 2.54. The van der Waals surface area contributed by atoms with E-state index in [9.17, 15) is 13.6 Å². The molecule has 0 atom stereocenters. The van der Waals surface area contributed by atoms with Crippen LogP contribution >= 0.6 is 11.6 Å². The zero-order valence-electron chi connectivity index (χ0n) is 14.0. The van der Waals surface area contributed by atoms with Crippen molar-refractivity contribution in [3.05, 3.63) is 81.5 Å². The number of hydrogen-bond acceptors (Lipinski definition) is 5. The van der Waals surface area contributed by atoms with Crippen LogP contribution in [-0.4, -0.2) is 21.4 Å². The first-order chi connectivity index (χ1) is 13.0. The predicted octanol–water partition coefficient (Wildman–Crippen LogP) is 3.55. The van der Waals surface area contributed by atoms with Gasteiger partial charge in [0.1, 0.15) is 10.8 Å². The van der Waals surface area contributed by atoms with E-state index in [1.807, 2.05) is 30.3 Å². The van der Waals surface area contributed by atoms with Gasteiger partial charge in [-0.2, -0.15) is 13.9 Å². The molecule has 0 amide bonds. The third-order valence-electron chi connectivity index (χ3n) is 3.64. The van der Waals surface area contributed by atoms with Crippen molar-refractivity contribution in [2.45, 2.75) is 19.7 Å². The van der Waals surface area contributed by atoms with Crippen LogP contribution in [-0.2, 0) is 13.1 Å². The lowest BCUT2D eigenvalue weighted by Crippen LogP contribution is -2.24. The summed E-state index contributed by atoms with van der Waals surface area (Å²) in [6, 6.07) is 12.3. The maximum absolute atomic E-state index is 12.4. The summed E-state index contributed by atoms with van der Waals surface area (Å²) in [5.74, 6) is -0.0306. The Balaban J connectivity index is 1.67. The molecule has 9 heteroatoms. The summed E-state index contributed by atoms with van der Waals surface area (Å²) in [6.07, 6.45) is 2.65. The van der Waals surface area contributed by atoms with Crippen molar-refractivity contribution in [1.29, 1.82) is 0 Å². The van der Waals surface area contributed by atoms with Crippen molar-refractivity contribution in [3.8, 4) is 5.75 Å². The first-order valence-electron chi connectivity index (χ1n) is 7.96. The molecule has 0 radical (unpaired) electrons. The monoisotopic (exact) mass is 392 g/mol. The van der Waals surface area contributed by atoms with Crippen molar-refractivity contribution in [1.82, 2.24) is 14.8 Å². The Morgan fingerprint density at radius 2 is 1.93 bits per heavy atom. The molecular formula is C18H15ClF2N4O2. The average Bonchev–Trinajstić information content (AvgIpc) is 2.66. The molecular weight excluding hydrogens is 378 g/mol. The number of hydrogen-bond donors (Lipinski definition) is 1. The normalized spacial score (nSPS) is 10.8. The predicted molar refractivity (Wildman–Crippen MR) is 97.2 cm³/mol. The lowest BCUT2D eigenvalue weighted by Gasteiger charge is -2.10. The van der Waals surface area contributed by atoms with E-state index in [4.69, 9.17) is 11.6 Å². The first kappa shape index (κ1) is 18.8. The summed E-state index contributed by atoms with van der Waals surface area (Å²) >= 11 is 6.15. The summed E-state index contributed by atoms with van der Waals surface area (Å²) in [7, 11) is 0. The molecule has 3 rings (SSSR count). The Labute approximate surface area is 158 Å². The van der Waals surface area contributed by atoms with Crippen molar-refractivity contribution in [3.63, 3.8) is 0 Å². The number of alkyl halides is 2. The number of halogens is 3. The third kappa shape index (κ3) is 5.01. The highest BCUT2D eigenvalue weighted by atomic mass is 35.5. The molecule has 0 unspecified atom stereocenters. The molecule has 1 aromatic carbocycles. The van der Waals surface area contributed by atoms with E-state index >= 15 is 0 Å². The van der Waals surface area contributed by atoms with Gasteiger partial charge < -0.3 is 10.1 Å². The van der Waals surface area contributed by atoms with E-state index < -0.39 is 12.2 Å². The summed E-state index contributed by atoms with van der Waals surface area (Å²) < 4.78 is 29.8. The maximum atomic E-state index is 12.4. The van der Waals surface area contributed by atoms with E-state index in [2.05, 4.69) is 20.1 Å². The summed E-state index contributed by atoms with van der Waals surface area (Å²) in [4.78, 5) is 16.4. The van der Waals surface area contributed by atoms with Gasteiger partial charge in [-0.15, -0.1) is 0 Å². The van der Waals surface area contributed by atoms with Crippen LogP contribution < -0.4 is 15.6 Å². The van der Waals surface area contributed by atoms with Gasteiger partial charge >= 0.3 is 6.61 Å². The van der Waals surface area contributed by atoms with Crippen LogP contribution in [0.3, 0.4) is 0 Å². The second-order valence-electron chi connectivity index (χ2n) is 5.54. The molecule has 0 saturated heterocycles. The molecule has 0 aliphatic rings. The highest BCUT2D eigenvalue weighted by molar-refractivity contribution is 6.32. The number of anilines is 1. The number of rotatable bonds is 7. The van der Waals surface area contributed by atoms with E-state index in [0.29, 0.717) is 17.9 Å². The number of benzene rings is 1. The quantitative estimate of drug-likeness (QED) is 0.666. The molecule has 2 aromatic heterocycles. The van der Waals surface area contributed by atoms with Gasteiger partial charge in [-0.1, -0.05) is 41.9 Å². The molecule has 0 saturated carbocycles. The molecule has 2 heterocycles. The van der Waals surface area contributed by atoms with Crippen molar-refractivity contribution in [2.24, 2.45) is 0 Å². The Morgan fingerprint density at radius 3 is 2.59 bits per heavy atom. The largest absolute Gasteiger partial charge is 0.433 e. The first-order valence-corrected chi connectivity index (χ1v) is 8.34. The van der Waals surface area contributed by atoms with Crippen molar-refractivity contribution < 1.29 is 13.5 Å². The summed E-state index contributed by atoms with van der Waals surface area (Å²) in [5.41, 5.74) is 1.43. The highest BCUT2D eigenvalue weighted by Crippen LogP contribution is 2.17. The zero-order valence-corrected chi connectivity index (χ0v) is 14.7. The van der Waals surface area contributed by atoms with E-state index in [1.54, 1.807) is 0 Å². The van der Waals surface area contributed by atoms with Gasteiger partial charge in [0.15, 0.2) is 0 Å². The van der Waals surface area contributed by atoms with Gasteiger partial charge in [0.25, 0.3) is 5.56 Å². The van der Waals surface area contributed by atoms with Crippen LogP contribution in [0.5, 0.6) is 5.75 Å². The van der Waals surface area contributed by atoms with E-state index in [-0.39, 0.29) is 17.3 Å². The van der Waals surface area contributed by atoms with Gasteiger partial charge in [-0.3, -0.25) is 9.78 Å². The van der Waals surface area contributed by atoms with Gasteiger partial charge in [0.2, 0.25) is 0 Å². The minimum absolute atomic E-state index is 0.0126. The summed E-state index contributed by atoms with van der Waals surface area (Å²) in [5, 5.41) is 7.10. The molecule has 0 spiro atoms. The fourth-order valence-electron chi connectivity index (χ4n) is 2.33. The second kappa shape index (κ2) is 8.59. The van der Waals surface area contributed by atoms with Gasteiger partial charge in [0, 0.05) is 0 Å². The van der Waals surface area contributed by atoms with Gasteiger partial charge in [0.05, 0.1) is 36.9 Å². The van der Waals surface area contributed by atoms with Crippen LogP contribution in [0, 0.1) is 0 Å². The molecule has 0 fully saturated rings. The summed E-state index contributed by atoms with van der Waals surface area (Å²) in [6.45, 7) is -2.35. The van der Waals surface area contributed by atoms with Crippen LogP contribution in [0.1, 0.15) is 11.3 Å². The SMILES string of the molecule is O=c1c(Cl)c(NCc2ccc(OC(F)F)cn2)cnn1Cc1ccccc1. The Kier molecular flexibility index (Phi) is 5.97. The third-order valence-corrected chi connectivity index (χ3v) is 4.01. The minimum Gasteiger partial charge on any atom is -0.433 e. The molecule has 0 bridgehead atoms. The standard InChI is InChI=1S/C18H15ClF2N4O2/c19-16-15(23-8-13-6-7-14(9-22-13)27-18(20)21)10-24-25(17(16)26)11-12-4-2-1-3-5-12/h1-7,9-10,18,23H,8,11H2. The highest BCUT2D eigenvalue weighted by Gasteiger charge is 2.10. The van der Waals surface area contributed by atoms with Crippen molar-refractivity contribution in [2.75, 3.05) is 5.32 Å². The van der Waals surface area contributed by atoms with Crippen LogP contribution in [0.15, 0.2) is 59.7 Å². The van der Waals surface area contributed by atoms with Crippen LogP contribution in [0.4, 0.5) is 14.5 Å². The average molecular weight is 393 g/mol. The van der Waals surface area contributed by atoms with E-state index in [0.717, 1.165) is 5.56 Å². The van der Waals surface area contributed by atoms with Crippen LogP contribution in [0.25, 0.3) is 0 Å². The molecule has 6 nitrogen and oxygen atoms in total. The molecule has 1 N–H and O–H groups in total. The molecule has 27 heavy (non-hydrogen) atoms.